The molecule has 0 aliphatic rings. The van der Waals surface area contributed by atoms with E-state index in [2.05, 4.69) is 0 Å². The van der Waals surface area contributed by atoms with Crippen molar-refractivity contribution in [3.63, 3.8) is 0 Å². The van der Waals surface area contributed by atoms with Gasteiger partial charge in [-0.05, 0) is 18.6 Å². The summed E-state index contributed by atoms with van der Waals surface area (Å²) in [5.41, 5.74) is -0.118. The van der Waals surface area contributed by atoms with E-state index in [0.29, 0.717) is 11.3 Å². The Bertz CT molecular complexity index is 327. The van der Waals surface area contributed by atoms with E-state index < -0.39 is 5.63 Å². The van der Waals surface area contributed by atoms with Crippen LogP contribution in [0.4, 0.5) is 0 Å². The Labute approximate surface area is 77.0 Å². The zero-order valence-electron chi connectivity index (χ0n) is 7.91. The van der Waals surface area contributed by atoms with Gasteiger partial charge in [-0.15, -0.1) is 0 Å². The molecular weight excluding hydrogens is 168 g/mol. The van der Waals surface area contributed by atoms with Crippen LogP contribution in [0, 0.1) is 0 Å². The Balaban J connectivity index is 3.03. The van der Waals surface area contributed by atoms with Gasteiger partial charge < -0.3 is 9.52 Å². The first-order valence-electron chi connectivity index (χ1n) is 4.42. The zero-order valence-corrected chi connectivity index (χ0v) is 7.91. The first-order chi connectivity index (χ1) is 6.19. The van der Waals surface area contributed by atoms with Crippen LogP contribution in [-0.2, 0) is 6.61 Å². The van der Waals surface area contributed by atoms with E-state index in [1.165, 1.54) is 0 Å². The van der Waals surface area contributed by atoms with Gasteiger partial charge in [-0.1, -0.05) is 13.8 Å². The third kappa shape index (κ3) is 2.18. The normalized spacial score (nSPS) is 12.8. The molecule has 1 atom stereocenters. The van der Waals surface area contributed by atoms with Crippen molar-refractivity contribution < 1.29 is 9.52 Å². The van der Waals surface area contributed by atoms with Gasteiger partial charge in [0.1, 0.15) is 5.76 Å². The van der Waals surface area contributed by atoms with Crippen molar-refractivity contribution in [1.82, 2.24) is 0 Å². The molecule has 1 unspecified atom stereocenters. The molecule has 1 N–H and O–H groups in total. The van der Waals surface area contributed by atoms with Crippen molar-refractivity contribution in [1.29, 1.82) is 0 Å². The maximum Gasteiger partial charge on any atom is 0.341 e. The standard InChI is InChI=1S/C10H14O3/c1-3-7(2)9-5-4-8(6-11)10(12)13-9/h4-5,7,11H,3,6H2,1-2H3. The van der Waals surface area contributed by atoms with Crippen LogP contribution in [0.15, 0.2) is 21.3 Å². The fourth-order valence-corrected chi connectivity index (χ4v) is 1.04. The summed E-state index contributed by atoms with van der Waals surface area (Å²) in [6, 6.07) is 3.37. The minimum absolute atomic E-state index is 0.250. The van der Waals surface area contributed by atoms with Gasteiger partial charge in [-0.25, -0.2) is 4.79 Å². The molecule has 0 radical (unpaired) electrons. The van der Waals surface area contributed by atoms with Crippen LogP contribution in [0.2, 0.25) is 0 Å². The average Bonchev–Trinajstić information content (AvgIpc) is 2.16. The molecule has 72 valence electrons. The molecule has 1 rings (SSSR count). The molecule has 0 aliphatic carbocycles. The second-order valence-electron chi connectivity index (χ2n) is 3.12. The van der Waals surface area contributed by atoms with Crippen LogP contribution in [0.3, 0.4) is 0 Å². The minimum atomic E-state index is -0.430. The van der Waals surface area contributed by atoms with Crippen LogP contribution in [-0.4, -0.2) is 5.11 Å². The van der Waals surface area contributed by atoms with E-state index in [9.17, 15) is 4.79 Å². The molecule has 0 saturated heterocycles. The van der Waals surface area contributed by atoms with E-state index in [0.717, 1.165) is 6.42 Å². The predicted octanol–water partition coefficient (Wildman–Crippen LogP) is 1.65. The number of rotatable bonds is 3. The Hall–Kier alpha value is -1.09. The molecule has 0 bridgehead atoms. The van der Waals surface area contributed by atoms with Crippen molar-refractivity contribution in [3.05, 3.63) is 33.9 Å². The molecular formula is C10H14O3. The highest BCUT2D eigenvalue weighted by molar-refractivity contribution is 5.12. The Morgan fingerprint density at radius 2 is 2.23 bits per heavy atom. The molecule has 0 aromatic carbocycles. The summed E-state index contributed by atoms with van der Waals surface area (Å²) in [6.07, 6.45) is 0.932. The van der Waals surface area contributed by atoms with Crippen molar-refractivity contribution in [2.24, 2.45) is 0 Å². The summed E-state index contributed by atoms with van der Waals surface area (Å²) in [5.74, 6) is 0.935. The molecule has 0 fully saturated rings. The maximum absolute atomic E-state index is 11.2. The highest BCUT2D eigenvalue weighted by Crippen LogP contribution is 2.16. The van der Waals surface area contributed by atoms with Gasteiger partial charge in [0.2, 0.25) is 0 Å². The number of aliphatic hydroxyl groups is 1. The molecule has 1 aromatic rings. The average molecular weight is 182 g/mol. The van der Waals surface area contributed by atoms with Crippen LogP contribution >= 0.6 is 0 Å². The molecule has 0 aliphatic heterocycles. The number of hydrogen-bond donors (Lipinski definition) is 1. The fourth-order valence-electron chi connectivity index (χ4n) is 1.04. The quantitative estimate of drug-likeness (QED) is 0.773. The van der Waals surface area contributed by atoms with Gasteiger partial charge in [-0.2, -0.15) is 0 Å². The molecule has 3 heteroatoms. The smallest absolute Gasteiger partial charge is 0.341 e. The van der Waals surface area contributed by atoms with Gasteiger partial charge in [0.05, 0.1) is 12.2 Å². The van der Waals surface area contributed by atoms with Gasteiger partial charge >= 0.3 is 5.63 Å². The van der Waals surface area contributed by atoms with E-state index >= 15 is 0 Å². The summed E-state index contributed by atoms with van der Waals surface area (Å²) in [7, 11) is 0. The molecule has 1 aromatic heterocycles. The lowest BCUT2D eigenvalue weighted by Gasteiger charge is -2.06. The van der Waals surface area contributed by atoms with Crippen LogP contribution in [0.1, 0.15) is 37.5 Å². The SMILES string of the molecule is CCC(C)c1ccc(CO)c(=O)o1. The van der Waals surface area contributed by atoms with Gasteiger partial charge in [0.15, 0.2) is 0 Å². The van der Waals surface area contributed by atoms with Gasteiger partial charge in [0.25, 0.3) is 0 Å². The maximum atomic E-state index is 11.2. The monoisotopic (exact) mass is 182 g/mol. The molecule has 0 amide bonds. The van der Waals surface area contributed by atoms with E-state index in [1.807, 2.05) is 13.8 Å². The molecule has 1 heterocycles. The third-order valence-electron chi connectivity index (χ3n) is 2.19. The first-order valence-corrected chi connectivity index (χ1v) is 4.42. The summed E-state index contributed by atoms with van der Waals surface area (Å²) < 4.78 is 5.04. The predicted molar refractivity (Wildman–Crippen MR) is 49.6 cm³/mol. The Morgan fingerprint density at radius 1 is 1.54 bits per heavy atom. The zero-order chi connectivity index (χ0) is 9.84. The number of hydrogen-bond acceptors (Lipinski definition) is 3. The Kier molecular flexibility index (Phi) is 3.25. The van der Waals surface area contributed by atoms with Crippen LogP contribution in [0.25, 0.3) is 0 Å². The first kappa shape index (κ1) is 9.99. The lowest BCUT2D eigenvalue weighted by Crippen LogP contribution is -2.09. The van der Waals surface area contributed by atoms with Crippen LogP contribution < -0.4 is 5.63 Å². The van der Waals surface area contributed by atoms with Crippen molar-refractivity contribution in [3.8, 4) is 0 Å². The van der Waals surface area contributed by atoms with E-state index in [-0.39, 0.29) is 12.5 Å². The lowest BCUT2D eigenvalue weighted by molar-refractivity contribution is 0.272. The molecule has 3 nitrogen and oxygen atoms in total. The largest absolute Gasteiger partial charge is 0.427 e. The third-order valence-corrected chi connectivity index (χ3v) is 2.19. The minimum Gasteiger partial charge on any atom is -0.427 e. The summed E-state index contributed by atoms with van der Waals surface area (Å²) in [5, 5.41) is 8.75. The lowest BCUT2D eigenvalue weighted by atomic mass is 10.1. The van der Waals surface area contributed by atoms with Gasteiger partial charge in [0, 0.05) is 5.92 Å². The highest BCUT2D eigenvalue weighted by Gasteiger charge is 2.07. The summed E-state index contributed by atoms with van der Waals surface area (Å²) >= 11 is 0. The topological polar surface area (TPSA) is 50.4 Å². The molecule has 13 heavy (non-hydrogen) atoms. The second kappa shape index (κ2) is 4.23. The van der Waals surface area contributed by atoms with Gasteiger partial charge in [-0.3, -0.25) is 0 Å². The highest BCUT2D eigenvalue weighted by atomic mass is 16.4. The van der Waals surface area contributed by atoms with E-state index in [4.69, 9.17) is 9.52 Å². The van der Waals surface area contributed by atoms with Crippen molar-refractivity contribution >= 4 is 0 Å². The molecule has 0 saturated carbocycles. The number of aliphatic hydroxyl groups excluding tert-OH is 1. The summed E-state index contributed by atoms with van der Waals surface area (Å²) in [6.45, 7) is 3.77. The van der Waals surface area contributed by atoms with E-state index in [1.54, 1.807) is 12.1 Å². The summed E-state index contributed by atoms with van der Waals surface area (Å²) in [4.78, 5) is 11.2. The fraction of sp³-hybridized carbons (Fsp3) is 0.500. The molecule has 0 spiro atoms. The van der Waals surface area contributed by atoms with Crippen molar-refractivity contribution in [2.75, 3.05) is 0 Å². The van der Waals surface area contributed by atoms with Crippen LogP contribution in [0.5, 0.6) is 0 Å². The van der Waals surface area contributed by atoms with Crippen molar-refractivity contribution in [2.45, 2.75) is 32.8 Å². The second-order valence-corrected chi connectivity index (χ2v) is 3.12. The Morgan fingerprint density at radius 3 is 2.69 bits per heavy atom.